The Kier molecular flexibility index (Phi) is 5.63. The van der Waals surface area contributed by atoms with E-state index in [-0.39, 0.29) is 0 Å². The zero-order valence-electron chi connectivity index (χ0n) is 15.9. The van der Waals surface area contributed by atoms with Gasteiger partial charge in [-0.05, 0) is 49.4 Å². The first-order valence-electron chi connectivity index (χ1n) is 9.91. The van der Waals surface area contributed by atoms with Crippen molar-refractivity contribution in [3.05, 3.63) is 44.5 Å². The normalized spacial score (nSPS) is 17.4. The van der Waals surface area contributed by atoms with Gasteiger partial charge in [0.25, 0.3) is 0 Å². The highest BCUT2D eigenvalue weighted by Crippen LogP contribution is 2.41. The number of ether oxygens (including phenoxy) is 2. The van der Waals surface area contributed by atoms with Gasteiger partial charge >= 0.3 is 0 Å². The van der Waals surface area contributed by atoms with Crippen molar-refractivity contribution in [2.24, 2.45) is 0 Å². The van der Waals surface area contributed by atoms with Gasteiger partial charge < -0.3 is 9.47 Å². The molecule has 8 heteroatoms. The maximum atomic E-state index is 6.25. The molecule has 2 aliphatic rings. The fraction of sp³-hybridized carbons (Fsp3) is 0.429. The minimum Gasteiger partial charge on any atom is -0.438 e. The van der Waals surface area contributed by atoms with E-state index in [0.29, 0.717) is 28.2 Å². The standard InChI is InChI=1S/C21H21Cl2N3O2S/c22-13-9-14(23)11-15(10-13)28-20-19-16-3-1-2-4-17(16)29-21(19)25-18(24-20)12-26-5-7-27-8-6-26/h9-11H,1-8,12H2. The van der Waals surface area contributed by atoms with E-state index in [9.17, 15) is 0 Å². The lowest BCUT2D eigenvalue weighted by molar-refractivity contribution is 0.0330. The molecule has 5 nitrogen and oxygen atoms in total. The molecule has 0 unspecified atom stereocenters. The topological polar surface area (TPSA) is 47.5 Å². The molecule has 5 rings (SSSR count). The van der Waals surface area contributed by atoms with Crippen molar-refractivity contribution in [1.29, 1.82) is 0 Å². The molecule has 2 aromatic heterocycles. The molecule has 1 aliphatic carbocycles. The van der Waals surface area contributed by atoms with Gasteiger partial charge in [0.15, 0.2) is 0 Å². The molecule has 0 saturated carbocycles. The molecule has 29 heavy (non-hydrogen) atoms. The third-order valence-electron chi connectivity index (χ3n) is 5.35. The molecule has 0 atom stereocenters. The SMILES string of the molecule is Clc1cc(Cl)cc(Oc2nc(CN3CCOCC3)nc3sc4c(c23)CCCC4)c1. The summed E-state index contributed by atoms with van der Waals surface area (Å²) < 4.78 is 11.7. The summed E-state index contributed by atoms with van der Waals surface area (Å²) in [6.07, 6.45) is 4.58. The first kappa shape index (κ1) is 19.5. The van der Waals surface area contributed by atoms with Crippen LogP contribution in [-0.4, -0.2) is 41.2 Å². The van der Waals surface area contributed by atoms with Crippen molar-refractivity contribution in [2.75, 3.05) is 26.3 Å². The summed E-state index contributed by atoms with van der Waals surface area (Å²) in [5.41, 5.74) is 1.34. The Balaban J connectivity index is 1.57. The molecule has 0 amide bonds. The molecule has 0 bridgehead atoms. The molecule has 3 aromatic rings. The summed E-state index contributed by atoms with van der Waals surface area (Å²) >= 11 is 14.1. The number of halogens is 2. The van der Waals surface area contributed by atoms with Crippen LogP contribution in [0.2, 0.25) is 10.0 Å². The third-order valence-corrected chi connectivity index (χ3v) is 6.97. The van der Waals surface area contributed by atoms with Crippen LogP contribution >= 0.6 is 34.5 Å². The van der Waals surface area contributed by atoms with E-state index < -0.39 is 0 Å². The zero-order chi connectivity index (χ0) is 19.8. The highest BCUT2D eigenvalue weighted by Gasteiger charge is 2.23. The van der Waals surface area contributed by atoms with Gasteiger partial charge in [0.1, 0.15) is 16.4 Å². The number of rotatable bonds is 4. The van der Waals surface area contributed by atoms with Gasteiger partial charge in [-0.3, -0.25) is 4.90 Å². The van der Waals surface area contributed by atoms with Crippen LogP contribution in [0.1, 0.15) is 29.1 Å². The highest BCUT2D eigenvalue weighted by atomic mass is 35.5. The van der Waals surface area contributed by atoms with E-state index in [1.54, 1.807) is 29.5 Å². The van der Waals surface area contributed by atoms with Crippen molar-refractivity contribution in [3.63, 3.8) is 0 Å². The second-order valence-electron chi connectivity index (χ2n) is 7.43. The molecule has 3 heterocycles. The van der Waals surface area contributed by atoms with Crippen LogP contribution in [0.4, 0.5) is 0 Å². The van der Waals surface area contributed by atoms with Crippen molar-refractivity contribution in [2.45, 2.75) is 32.2 Å². The van der Waals surface area contributed by atoms with Crippen molar-refractivity contribution < 1.29 is 9.47 Å². The average molecular weight is 450 g/mol. The van der Waals surface area contributed by atoms with Crippen LogP contribution in [0.5, 0.6) is 11.6 Å². The Bertz CT molecular complexity index is 1030. The summed E-state index contributed by atoms with van der Waals surface area (Å²) in [5.74, 6) is 1.98. The second-order valence-corrected chi connectivity index (χ2v) is 9.39. The molecule has 1 aliphatic heterocycles. The predicted molar refractivity (Wildman–Crippen MR) is 117 cm³/mol. The molecule has 1 aromatic carbocycles. The molecule has 0 radical (unpaired) electrons. The molecule has 152 valence electrons. The van der Waals surface area contributed by atoms with Gasteiger partial charge in [-0.15, -0.1) is 11.3 Å². The number of hydrogen-bond donors (Lipinski definition) is 0. The van der Waals surface area contributed by atoms with Crippen LogP contribution in [0, 0.1) is 0 Å². The number of nitrogens with zero attached hydrogens (tertiary/aromatic N) is 3. The smallest absolute Gasteiger partial charge is 0.231 e. The van der Waals surface area contributed by atoms with Crippen LogP contribution < -0.4 is 4.74 Å². The summed E-state index contributed by atoms with van der Waals surface area (Å²) in [5, 5.41) is 2.13. The maximum absolute atomic E-state index is 6.25. The van der Waals surface area contributed by atoms with Crippen LogP contribution in [-0.2, 0) is 24.1 Å². The maximum Gasteiger partial charge on any atom is 0.231 e. The minimum atomic E-state index is 0.540. The quantitative estimate of drug-likeness (QED) is 0.525. The summed E-state index contributed by atoms with van der Waals surface area (Å²) in [6.45, 7) is 3.97. The van der Waals surface area contributed by atoms with Gasteiger partial charge in [0.05, 0.1) is 25.1 Å². The summed E-state index contributed by atoms with van der Waals surface area (Å²) in [7, 11) is 0. The highest BCUT2D eigenvalue weighted by molar-refractivity contribution is 7.18. The molecule has 0 spiro atoms. The fourth-order valence-electron chi connectivity index (χ4n) is 3.97. The van der Waals surface area contributed by atoms with Crippen molar-refractivity contribution >= 4 is 44.8 Å². The number of benzene rings is 1. The van der Waals surface area contributed by atoms with E-state index >= 15 is 0 Å². The van der Waals surface area contributed by atoms with Gasteiger partial charge in [0.2, 0.25) is 5.88 Å². The largest absolute Gasteiger partial charge is 0.438 e. The van der Waals surface area contributed by atoms with Crippen molar-refractivity contribution in [1.82, 2.24) is 14.9 Å². The molecule has 1 fully saturated rings. The lowest BCUT2D eigenvalue weighted by Gasteiger charge is -2.25. The first-order chi connectivity index (χ1) is 14.2. The average Bonchev–Trinajstić information content (AvgIpc) is 3.06. The third kappa shape index (κ3) is 4.23. The number of aryl methyl sites for hydroxylation is 2. The van der Waals surface area contributed by atoms with Gasteiger partial charge in [-0.2, -0.15) is 4.98 Å². The summed E-state index contributed by atoms with van der Waals surface area (Å²) in [4.78, 5) is 14.5. The zero-order valence-corrected chi connectivity index (χ0v) is 18.2. The van der Waals surface area contributed by atoms with E-state index in [1.165, 1.54) is 23.3 Å². The lowest BCUT2D eigenvalue weighted by Crippen LogP contribution is -2.36. The Labute approximate surface area is 183 Å². The number of fused-ring (bicyclic) bond motifs is 3. The second kappa shape index (κ2) is 8.36. The molecule has 0 N–H and O–H groups in total. The van der Waals surface area contributed by atoms with Crippen molar-refractivity contribution in [3.8, 4) is 11.6 Å². The minimum absolute atomic E-state index is 0.540. The van der Waals surface area contributed by atoms with Gasteiger partial charge in [-0.25, -0.2) is 4.98 Å². The number of thiophene rings is 1. The Morgan fingerprint density at radius 1 is 1.03 bits per heavy atom. The number of morpholine rings is 1. The summed E-state index contributed by atoms with van der Waals surface area (Å²) in [6, 6.07) is 5.23. The van der Waals surface area contributed by atoms with Crippen LogP contribution in [0.15, 0.2) is 18.2 Å². The Morgan fingerprint density at radius 2 is 1.79 bits per heavy atom. The van der Waals surface area contributed by atoms with E-state index in [2.05, 4.69) is 4.90 Å². The van der Waals surface area contributed by atoms with Gasteiger partial charge in [0, 0.05) is 28.0 Å². The lowest BCUT2D eigenvalue weighted by atomic mass is 9.97. The molecular weight excluding hydrogens is 429 g/mol. The van der Waals surface area contributed by atoms with Crippen LogP contribution in [0.3, 0.4) is 0 Å². The first-order valence-corrected chi connectivity index (χ1v) is 11.5. The number of hydrogen-bond acceptors (Lipinski definition) is 6. The monoisotopic (exact) mass is 449 g/mol. The predicted octanol–water partition coefficient (Wildman–Crippen LogP) is 5.50. The van der Waals surface area contributed by atoms with E-state index in [4.69, 9.17) is 42.6 Å². The van der Waals surface area contributed by atoms with E-state index in [0.717, 1.165) is 55.2 Å². The molecule has 1 saturated heterocycles. The Morgan fingerprint density at radius 3 is 2.59 bits per heavy atom. The molecular formula is C21H21Cl2N3O2S. The van der Waals surface area contributed by atoms with Gasteiger partial charge in [-0.1, -0.05) is 23.2 Å². The van der Waals surface area contributed by atoms with Crippen LogP contribution in [0.25, 0.3) is 10.2 Å². The fourth-order valence-corrected chi connectivity index (χ4v) is 5.75. The number of aromatic nitrogens is 2. The Hall–Kier alpha value is -1.44. The van der Waals surface area contributed by atoms with E-state index in [1.807, 2.05) is 0 Å².